The fraction of sp³-hybridized carbons (Fsp3) is 0.105. The number of hydrogen-bond donors (Lipinski definition) is 1. The molecule has 0 unspecified atom stereocenters. The van der Waals surface area contributed by atoms with Gasteiger partial charge in [0.2, 0.25) is 0 Å². The Morgan fingerprint density at radius 3 is 2.93 bits per heavy atom. The van der Waals surface area contributed by atoms with E-state index in [1.807, 2.05) is 29.6 Å². The molecule has 4 aromatic rings. The van der Waals surface area contributed by atoms with Crippen molar-refractivity contribution in [1.29, 1.82) is 0 Å². The molecule has 4 rings (SSSR count). The number of anilines is 1. The standard InChI is InChI=1S/C19H16N6O3S/c1-12-22-23-24-25(12)16(10-13-5-3-6-14(9-13)27-2)18(26)21-19-20-15(11-29-19)17-7-4-8-28-17/h3-11H,1-2H3,(H,20,21,26)/b16-10-. The third-order valence-electron chi connectivity index (χ3n) is 3.98. The zero-order valence-corrected chi connectivity index (χ0v) is 16.4. The number of aryl methyl sites for hydroxylation is 1. The summed E-state index contributed by atoms with van der Waals surface area (Å²) >= 11 is 1.30. The molecule has 0 saturated heterocycles. The van der Waals surface area contributed by atoms with Crippen LogP contribution in [0.25, 0.3) is 23.2 Å². The number of nitrogens with zero attached hydrogens (tertiary/aromatic N) is 5. The minimum atomic E-state index is -0.399. The van der Waals surface area contributed by atoms with E-state index < -0.39 is 5.91 Å². The first-order valence-electron chi connectivity index (χ1n) is 8.56. The molecule has 0 fully saturated rings. The normalized spacial score (nSPS) is 11.4. The number of aromatic nitrogens is 5. The van der Waals surface area contributed by atoms with Gasteiger partial charge >= 0.3 is 0 Å². The number of nitrogens with one attached hydrogen (secondary N) is 1. The number of hydrogen-bond acceptors (Lipinski definition) is 8. The smallest absolute Gasteiger partial charge is 0.276 e. The Balaban J connectivity index is 1.65. The lowest BCUT2D eigenvalue weighted by Gasteiger charge is -2.08. The van der Waals surface area contributed by atoms with E-state index >= 15 is 0 Å². The largest absolute Gasteiger partial charge is 0.497 e. The maximum Gasteiger partial charge on any atom is 0.276 e. The summed E-state index contributed by atoms with van der Waals surface area (Å²) < 4.78 is 12.0. The predicted molar refractivity (Wildman–Crippen MR) is 108 cm³/mol. The van der Waals surface area contributed by atoms with Gasteiger partial charge in [0.25, 0.3) is 5.91 Å². The van der Waals surface area contributed by atoms with Crippen LogP contribution in [0.3, 0.4) is 0 Å². The summed E-state index contributed by atoms with van der Waals surface area (Å²) in [5, 5.41) is 16.5. The highest BCUT2D eigenvalue weighted by atomic mass is 32.1. The first kappa shape index (κ1) is 18.6. The molecule has 0 spiro atoms. The molecule has 0 aliphatic heterocycles. The number of carbonyl (C=O) groups excluding carboxylic acids is 1. The molecule has 1 N–H and O–H groups in total. The third-order valence-corrected chi connectivity index (χ3v) is 4.74. The summed E-state index contributed by atoms with van der Waals surface area (Å²) in [6, 6.07) is 10.9. The molecule has 0 aliphatic rings. The summed E-state index contributed by atoms with van der Waals surface area (Å²) in [6.07, 6.45) is 3.25. The zero-order chi connectivity index (χ0) is 20.2. The van der Waals surface area contributed by atoms with Gasteiger partial charge in [0.15, 0.2) is 16.7 Å². The van der Waals surface area contributed by atoms with E-state index in [9.17, 15) is 4.79 Å². The number of methoxy groups -OCH3 is 1. The van der Waals surface area contributed by atoms with Crippen LogP contribution in [-0.2, 0) is 4.79 Å². The van der Waals surface area contributed by atoms with Crippen molar-refractivity contribution in [2.24, 2.45) is 0 Å². The third kappa shape index (κ3) is 4.06. The molecule has 0 saturated carbocycles. The molecule has 9 nitrogen and oxygen atoms in total. The van der Waals surface area contributed by atoms with Crippen molar-refractivity contribution in [2.75, 3.05) is 12.4 Å². The van der Waals surface area contributed by atoms with Gasteiger partial charge in [-0.3, -0.25) is 10.1 Å². The first-order chi connectivity index (χ1) is 14.1. The molecule has 0 atom stereocenters. The number of tetrazole rings is 1. The fourth-order valence-corrected chi connectivity index (χ4v) is 3.29. The molecule has 1 aromatic carbocycles. The van der Waals surface area contributed by atoms with Gasteiger partial charge in [0.05, 0.1) is 13.4 Å². The van der Waals surface area contributed by atoms with Gasteiger partial charge in [-0.05, 0) is 53.3 Å². The molecule has 3 aromatic heterocycles. The van der Waals surface area contributed by atoms with E-state index in [2.05, 4.69) is 25.8 Å². The van der Waals surface area contributed by atoms with Gasteiger partial charge in [-0.15, -0.1) is 16.4 Å². The summed E-state index contributed by atoms with van der Waals surface area (Å²) in [5.74, 6) is 1.38. The topological polar surface area (TPSA) is 108 Å². The van der Waals surface area contributed by atoms with Crippen molar-refractivity contribution >= 4 is 34.1 Å². The van der Waals surface area contributed by atoms with Crippen molar-refractivity contribution < 1.29 is 13.9 Å². The minimum Gasteiger partial charge on any atom is -0.497 e. The first-order valence-corrected chi connectivity index (χ1v) is 9.44. The van der Waals surface area contributed by atoms with Crippen LogP contribution in [0.4, 0.5) is 5.13 Å². The Kier molecular flexibility index (Phi) is 5.16. The van der Waals surface area contributed by atoms with Crippen LogP contribution in [0.2, 0.25) is 0 Å². The van der Waals surface area contributed by atoms with Crippen molar-refractivity contribution in [1.82, 2.24) is 25.2 Å². The lowest BCUT2D eigenvalue weighted by Crippen LogP contribution is -2.19. The Bertz CT molecular complexity index is 1160. The zero-order valence-electron chi connectivity index (χ0n) is 15.6. The van der Waals surface area contributed by atoms with Crippen LogP contribution in [0.5, 0.6) is 5.75 Å². The minimum absolute atomic E-state index is 0.246. The van der Waals surface area contributed by atoms with Crippen molar-refractivity contribution in [3.63, 3.8) is 0 Å². The molecule has 0 radical (unpaired) electrons. The second-order valence-corrected chi connectivity index (χ2v) is 6.77. The molecule has 29 heavy (non-hydrogen) atoms. The maximum atomic E-state index is 13.0. The van der Waals surface area contributed by atoms with E-state index in [0.29, 0.717) is 28.2 Å². The SMILES string of the molecule is COc1cccc(/C=C(/C(=O)Nc2nc(-c3ccco3)cs2)n2nnnc2C)c1. The van der Waals surface area contributed by atoms with Gasteiger partial charge in [-0.25, -0.2) is 4.98 Å². The molecule has 10 heteroatoms. The molecule has 0 bridgehead atoms. The Hall–Kier alpha value is -3.79. The average molecular weight is 408 g/mol. The van der Waals surface area contributed by atoms with Gasteiger partial charge in [-0.1, -0.05) is 12.1 Å². The Labute approximate surface area is 169 Å². The molecular formula is C19H16N6O3S. The fourth-order valence-electron chi connectivity index (χ4n) is 2.60. The van der Waals surface area contributed by atoms with Crippen LogP contribution < -0.4 is 10.1 Å². The highest BCUT2D eigenvalue weighted by molar-refractivity contribution is 7.14. The van der Waals surface area contributed by atoms with E-state index in [1.54, 1.807) is 38.5 Å². The van der Waals surface area contributed by atoms with E-state index in [4.69, 9.17) is 9.15 Å². The quantitative estimate of drug-likeness (QED) is 0.487. The molecule has 146 valence electrons. The lowest BCUT2D eigenvalue weighted by molar-refractivity contribution is -0.111. The Morgan fingerprint density at radius 1 is 1.31 bits per heavy atom. The van der Waals surface area contributed by atoms with Gasteiger partial charge in [0.1, 0.15) is 17.1 Å². The van der Waals surface area contributed by atoms with Crippen molar-refractivity contribution in [3.8, 4) is 17.2 Å². The molecule has 3 heterocycles. The van der Waals surface area contributed by atoms with E-state index in [-0.39, 0.29) is 5.70 Å². The van der Waals surface area contributed by atoms with Gasteiger partial charge in [-0.2, -0.15) is 4.68 Å². The lowest BCUT2D eigenvalue weighted by atomic mass is 10.1. The number of thiazole rings is 1. The number of ether oxygens (including phenoxy) is 1. The van der Waals surface area contributed by atoms with E-state index in [1.165, 1.54) is 16.0 Å². The second-order valence-electron chi connectivity index (χ2n) is 5.91. The highest BCUT2D eigenvalue weighted by Crippen LogP contribution is 2.26. The number of rotatable bonds is 6. The number of amides is 1. The summed E-state index contributed by atoms with van der Waals surface area (Å²) in [5.41, 5.74) is 1.66. The molecular weight excluding hydrogens is 392 g/mol. The second kappa shape index (κ2) is 8.07. The van der Waals surface area contributed by atoms with Crippen LogP contribution in [0, 0.1) is 6.92 Å². The van der Waals surface area contributed by atoms with Crippen LogP contribution in [0.1, 0.15) is 11.4 Å². The highest BCUT2D eigenvalue weighted by Gasteiger charge is 2.18. The van der Waals surface area contributed by atoms with Crippen LogP contribution >= 0.6 is 11.3 Å². The number of benzene rings is 1. The molecule has 1 amide bonds. The monoisotopic (exact) mass is 408 g/mol. The van der Waals surface area contributed by atoms with E-state index in [0.717, 1.165) is 5.56 Å². The van der Waals surface area contributed by atoms with Gasteiger partial charge < -0.3 is 9.15 Å². The van der Waals surface area contributed by atoms with Crippen molar-refractivity contribution in [3.05, 3.63) is 59.4 Å². The predicted octanol–water partition coefficient (Wildman–Crippen LogP) is 3.34. The number of carbonyl (C=O) groups is 1. The summed E-state index contributed by atoms with van der Waals surface area (Å²) in [6.45, 7) is 1.71. The maximum absolute atomic E-state index is 13.0. The summed E-state index contributed by atoms with van der Waals surface area (Å²) in [4.78, 5) is 17.4. The average Bonchev–Trinajstić information content (AvgIpc) is 3.48. The van der Waals surface area contributed by atoms with Crippen LogP contribution in [-0.4, -0.2) is 38.2 Å². The van der Waals surface area contributed by atoms with Crippen LogP contribution in [0.15, 0.2) is 52.5 Å². The number of furan rings is 1. The Morgan fingerprint density at radius 2 is 2.21 bits per heavy atom. The summed E-state index contributed by atoms with van der Waals surface area (Å²) in [7, 11) is 1.58. The van der Waals surface area contributed by atoms with Gasteiger partial charge in [0, 0.05) is 5.38 Å². The molecule has 0 aliphatic carbocycles. The van der Waals surface area contributed by atoms with Crippen molar-refractivity contribution in [2.45, 2.75) is 6.92 Å².